The molecule has 1 aliphatic rings. The van der Waals surface area contributed by atoms with Crippen molar-refractivity contribution >= 4 is 5.97 Å². The van der Waals surface area contributed by atoms with Crippen LogP contribution < -0.4 is 0 Å². The van der Waals surface area contributed by atoms with Gasteiger partial charge in [0.25, 0.3) is 0 Å². The summed E-state index contributed by atoms with van der Waals surface area (Å²) in [5.41, 5.74) is 0.0101. The average Bonchev–Trinajstić information content (AvgIpc) is 2.87. The number of imidazole rings is 1. The number of aromatic nitrogens is 4. The summed E-state index contributed by atoms with van der Waals surface area (Å²) in [6, 6.07) is 0. The van der Waals surface area contributed by atoms with E-state index in [9.17, 15) is 4.79 Å². The zero-order chi connectivity index (χ0) is 11.8. The van der Waals surface area contributed by atoms with Crippen molar-refractivity contribution in [2.45, 2.75) is 25.3 Å². The summed E-state index contributed by atoms with van der Waals surface area (Å²) in [5.74, 6) is 0.601. The topological polar surface area (TPSA) is 94.0 Å². The SMILES string of the molecule is O=C(O)c1cn(Cc2noc(C3CC3)n2)cn1. The normalized spacial score (nSPS) is 15.1. The molecule has 0 amide bonds. The Morgan fingerprint density at radius 1 is 1.59 bits per heavy atom. The number of nitrogens with zero attached hydrogens (tertiary/aromatic N) is 4. The maximum atomic E-state index is 10.6. The highest BCUT2D eigenvalue weighted by molar-refractivity contribution is 5.84. The molecule has 7 heteroatoms. The molecule has 0 atom stereocenters. The Kier molecular flexibility index (Phi) is 2.17. The Morgan fingerprint density at radius 3 is 3.06 bits per heavy atom. The molecule has 7 nitrogen and oxygen atoms in total. The van der Waals surface area contributed by atoms with Gasteiger partial charge in [-0.3, -0.25) is 0 Å². The first kappa shape index (κ1) is 10.0. The van der Waals surface area contributed by atoms with Crippen LogP contribution in [0.25, 0.3) is 0 Å². The third-order valence-corrected chi connectivity index (χ3v) is 2.59. The Morgan fingerprint density at radius 2 is 2.41 bits per heavy atom. The van der Waals surface area contributed by atoms with E-state index in [0.29, 0.717) is 24.2 Å². The molecule has 1 N–H and O–H groups in total. The second-order valence-corrected chi connectivity index (χ2v) is 4.06. The van der Waals surface area contributed by atoms with E-state index in [1.54, 1.807) is 4.57 Å². The molecule has 88 valence electrons. The van der Waals surface area contributed by atoms with Gasteiger partial charge in [-0.25, -0.2) is 9.78 Å². The van der Waals surface area contributed by atoms with Gasteiger partial charge >= 0.3 is 5.97 Å². The Labute approximate surface area is 96.1 Å². The van der Waals surface area contributed by atoms with E-state index in [-0.39, 0.29) is 5.69 Å². The molecule has 0 bridgehead atoms. The zero-order valence-corrected chi connectivity index (χ0v) is 8.91. The highest BCUT2D eigenvalue weighted by Crippen LogP contribution is 2.38. The fraction of sp³-hybridized carbons (Fsp3) is 0.400. The lowest BCUT2D eigenvalue weighted by Gasteiger charge is -1.93. The molecule has 0 aromatic carbocycles. The predicted molar refractivity (Wildman–Crippen MR) is 54.6 cm³/mol. The lowest BCUT2D eigenvalue weighted by Crippen LogP contribution is -2.00. The van der Waals surface area contributed by atoms with E-state index in [4.69, 9.17) is 9.63 Å². The summed E-state index contributed by atoms with van der Waals surface area (Å²) in [5, 5.41) is 12.6. The van der Waals surface area contributed by atoms with E-state index >= 15 is 0 Å². The Balaban J connectivity index is 1.73. The van der Waals surface area contributed by atoms with Gasteiger partial charge < -0.3 is 14.2 Å². The third-order valence-electron chi connectivity index (χ3n) is 2.59. The number of hydrogen-bond donors (Lipinski definition) is 1. The molecule has 3 rings (SSSR count). The lowest BCUT2D eigenvalue weighted by molar-refractivity contribution is 0.0691. The summed E-state index contributed by atoms with van der Waals surface area (Å²) in [4.78, 5) is 18.6. The lowest BCUT2D eigenvalue weighted by atomic mass is 10.4. The first-order valence-electron chi connectivity index (χ1n) is 5.30. The van der Waals surface area contributed by atoms with Gasteiger partial charge in [-0.1, -0.05) is 5.16 Å². The van der Waals surface area contributed by atoms with Crippen molar-refractivity contribution in [1.29, 1.82) is 0 Å². The minimum atomic E-state index is -1.05. The zero-order valence-electron chi connectivity index (χ0n) is 8.91. The second-order valence-electron chi connectivity index (χ2n) is 4.06. The van der Waals surface area contributed by atoms with Gasteiger partial charge in [-0.15, -0.1) is 0 Å². The standard InChI is InChI=1S/C10H10N4O3/c15-10(16)7-3-14(5-11-7)4-8-12-9(17-13-8)6-1-2-6/h3,5-6H,1-2,4H2,(H,15,16). The molecule has 0 radical (unpaired) electrons. The minimum absolute atomic E-state index is 0.0101. The molecule has 2 aromatic rings. The summed E-state index contributed by atoms with van der Waals surface area (Å²) in [7, 11) is 0. The number of carboxylic acid groups (broad SMARTS) is 1. The van der Waals surface area contributed by atoms with E-state index in [0.717, 1.165) is 12.8 Å². The highest BCUT2D eigenvalue weighted by atomic mass is 16.5. The van der Waals surface area contributed by atoms with Crippen LogP contribution in [0.3, 0.4) is 0 Å². The van der Waals surface area contributed by atoms with Gasteiger partial charge in [0.1, 0.15) is 0 Å². The van der Waals surface area contributed by atoms with Crippen LogP contribution in [-0.2, 0) is 6.54 Å². The van der Waals surface area contributed by atoms with Crippen molar-refractivity contribution in [3.05, 3.63) is 29.9 Å². The number of rotatable bonds is 4. The van der Waals surface area contributed by atoms with E-state index in [1.165, 1.54) is 12.5 Å². The van der Waals surface area contributed by atoms with Gasteiger partial charge in [0.05, 0.1) is 12.9 Å². The summed E-state index contributed by atoms with van der Waals surface area (Å²) in [6.45, 7) is 0.372. The van der Waals surface area contributed by atoms with Crippen LogP contribution in [-0.4, -0.2) is 30.8 Å². The number of aromatic carboxylic acids is 1. The first-order valence-corrected chi connectivity index (χ1v) is 5.30. The molecular weight excluding hydrogens is 224 g/mol. The highest BCUT2D eigenvalue weighted by Gasteiger charge is 2.29. The van der Waals surface area contributed by atoms with Crippen LogP contribution in [0.4, 0.5) is 0 Å². The Bertz CT molecular complexity index is 555. The average molecular weight is 234 g/mol. The van der Waals surface area contributed by atoms with Gasteiger partial charge in [-0.05, 0) is 12.8 Å². The minimum Gasteiger partial charge on any atom is -0.476 e. The van der Waals surface area contributed by atoms with Crippen molar-refractivity contribution in [1.82, 2.24) is 19.7 Å². The predicted octanol–water partition coefficient (Wildman–Crippen LogP) is 0.890. The summed E-state index contributed by atoms with van der Waals surface area (Å²) < 4.78 is 6.72. The van der Waals surface area contributed by atoms with E-state index in [1.807, 2.05) is 0 Å². The molecule has 1 aliphatic carbocycles. The van der Waals surface area contributed by atoms with Crippen LogP contribution in [0.15, 0.2) is 17.0 Å². The van der Waals surface area contributed by atoms with Gasteiger partial charge in [0, 0.05) is 12.1 Å². The van der Waals surface area contributed by atoms with Crippen molar-refractivity contribution in [2.75, 3.05) is 0 Å². The second kappa shape index (κ2) is 3.69. The van der Waals surface area contributed by atoms with Crippen LogP contribution >= 0.6 is 0 Å². The quantitative estimate of drug-likeness (QED) is 0.844. The Hall–Kier alpha value is -2.18. The van der Waals surface area contributed by atoms with E-state index < -0.39 is 5.97 Å². The number of hydrogen-bond acceptors (Lipinski definition) is 5. The van der Waals surface area contributed by atoms with E-state index in [2.05, 4.69) is 15.1 Å². The molecule has 1 fully saturated rings. The van der Waals surface area contributed by atoms with Crippen LogP contribution in [0.5, 0.6) is 0 Å². The molecule has 0 spiro atoms. The fourth-order valence-corrected chi connectivity index (χ4v) is 1.55. The third kappa shape index (κ3) is 2.03. The molecule has 17 heavy (non-hydrogen) atoms. The van der Waals surface area contributed by atoms with Crippen molar-refractivity contribution in [3.8, 4) is 0 Å². The van der Waals surface area contributed by atoms with Crippen LogP contribution in [0.1, 0.15) is 41.0 Å². The van der Waals surface area contributed by atoms with Crippen molar-refractivity contribution < 1.29 is 14.4 Å². The smallest absolute Gasteiger partial charge is 0.356 e. The largest absolute Gasteiger partial charge is 0.476 e. The molecule has 0 aliphatic heterocycles. The molecule has 1 saturated carbocycles. The van der Waals surface area contributed by atoms with Crippen molar-refractivity contribution in [3.63, 3.8) is 0 Å². The molecule has 0 saturated heterocycles. The fourth-order valence-electron chi connectivity index (χ4n) is 1.55. The van der Waals surface area contributed by atoms with Gasteiger partial charge in [0.15, 0.2) is 11.5 Å². The maximum absolute atomic E-state index is 10.6. The summed E-state index contributed by atoms with van der Waals surface area (Å²) >= 11 is 0. The molecule has 2 aromatic heterocycles. The van der Waals surface area contributed by atoms with Crippen LogP contribution in [0, 0.1) is 0 Å². The van der Waals surface area contributed by atoms with Crippen LogP contribution in [0.2, 0.25) is 0 Å². The molecule has 0 unspecified atom stereocenters. The number of carboxylic acids is 1. The molecule has 2 heterocycles. The van der Waals surface area contributed by atoms with Gasteiger partial charge in [-0.2, -0.15) is 4.98 Å². The maximum Gasteiger partial charge on any atom is 0.356 e. The monoisotopic (exact) mass is 234 g/mol. The first-order chi connectivity index (χ1) is 8.22. The summed E-state index contributed by atoms with van der Waals surface area (Å²) in [6.07, 6.45) is 5.10. The van der Waals surface area contributed by atoms with Gasteiger partial charge in [0.2, 0.25) is 5.89 Å². The van der Waals surface area contributed by atoms with Crippen molar-refractivity contribution in [2.24, 2.45) is 0 Å². The molecular formula is C10H10N4O3. The number of carbonyl (C=O) groups is 1.